The molecule has 0 N–H and O–H groups in total. The van der Waals surface area contributed by atoms with E-state index in [1.165, 1.54) is 11.6 Å². The topological polar surface area (TPSA) is 30.3 Å². The van der Waals surface area contributed by atoms with Crippen molar-refractivity contribution < 1.29 is 9.13 Å². The number of likely N-dealkylation sites (tertiary alicyclic amines) is 1. The highest BCUT2D eigenvalue weighted by atomic mass is 19.1. The minimum atomic E-state index is -0.119. The number of ether oxygens (including phenoxy) is 1. The van der Waals surface area contributed by atoms with E-state index < -0.39 is 0 Å². The number of piperidine rings is 1. The van der Waals surface area contributed by atoms with Gasteiger partial charge in [-0.15, -0.1) is 0 Å². The first kappa shape index (κ1) is 16.1. The van der Waals surface area contributed by atoms with Crippen LogP contribution in [-0.4, -0.2) is 41.0 Å². The van der Waals surface area contributed by atoms with Crippen molar-refractivity contribution in [2.45, 2.75) is 25.5 Å². The van der Waals surface area contributed by atoms with Gasteiger partial charge in [-0.2, -0.15) is 5.10 Å². The first-order valence-electron chi connectivity index (χ1n) is 8.12. The number of benzene rings is 1. The molecule has 0 aliphatic carbocycles. The molecule has 0 saturated carbocycles. The Balaban J connectivity index is 1.67. The van der Waals surface area contributed by atoms with E-state index in [1.807, 2.05) is 36.3 Å². The van der Waals surface area contributed by atoms with Crippen LogP contribution in [0.4, 0.5) is 4.39 Å². The summed E-state index contributed by atoms with van der Waals surface area (Å²) in [5.41, 5.74) is 2.00. The van der Waals surface area contributed by atoms with Gasteiger partial charge in [-0.3, -0.25) is 9.58 Å². The fourth-order valence-electron chi connectivity index (χ4n) is 3.49. The Kier molecular flexibility index (Phi) is 5.08. The summed E-state index contributed by atoms with van der Waals surface area (Å²) in [6, 6.07) is 7.05. The number of nitrogens with zero attached hydrogens (tertiary/aromatic N) is 3. The van der Waals surface area contributed by atoms with Gasteiger partial charge in [0, 0.05) is 51.5 Å². The summed E-state index contributed by atoms with van der Waals surface area (Å²) >= 11 is 0. The van der Waals surface area contributed by atoms with Gasteiger partial charge in [0.05, 0.1) is 12.3 Å². The van der Waals surface area contributed by atoms with Gasteiger partial charge >= 0.3 is 0 Å². The van der Waals surface area contributed by atoms with Gasteiger partial charge in [0.2, 0.25) is 0 Å². The first-order chi connectivity index (χ1) is 11.2. The zero-order valence-corrected chi connectivity index (χ0v) is 13.8. The molecule has 124 valence electrons. The van der Waals surface area contributed by atoms with Crippen molar-refractivity contribution in [3.05, 3.63) is 53.6 Å². The molecule has 1 aliphatic rings. The molecular formula is C18H24FN3O. The second-order valence-corrected chi connectivity index (χ2v) is 6.38. The molecule has 0 radical (unpaired) electrons. The molecule has 2 atom stereocenters. The van der Waals surface area contributed by atoms with E-state index in [9.17, 15) is 4.39 Å². The van der Waals surface area contributed by atoms with Crippen molar-refractivity contribution in [3.8, 4) is 0 Å². The number of aromatic nitrogens is 2. The van der Waals surface area contributed by atoms with E-state index in [1.54, 1.807) is 13.2 Å². The zero-order chi connectivity index (χ0) is 16.2. The molecule has 1 saturated heterocycles. The van der Waals surface area contributed by atoms with Crippen LogP contribution < -0.4 is 0 Å². The van der Waals surface area contributed by atoms with Crippen molar-refractivity contribution in [1.29, 1.82) is 0 Å². The highest BCUT2D eigenvalue weighted by molar-refractivity contribution is 5.18. The standard InChI is InChI=1S/C18H24FN3O/c1-21-11-14(10-20-21)12-22-8-7-18(23-2)16(13-22)9-15-5-3-4-6-17(15)19/h3-6,10-11,16,18H,7-9,12-13H2,1-2H3/t16-,18+/m1/s1. The first-order valence-corrected chi connectivity index (χ1v) is 8.12. The molecule has 5 heteroatoms. The molecule has 0 spiro atoms. The number of hydrogen-bond acceptors (Lipinski definition) is 3. The van der Waals surface area contributed by atoms with Crippen LogP contribution in [0.1, 0.15) is 17.5 Å². The van der Waals surface area contributed by atoms with Crippen LogP contribution in [0.25, 0.3) is 0 Å². The molecule has 23 heavy (non-hydrogen) atoms. The highest BCUT2D eigenvalue weighted by Gasteiger charge is 2.30. The predicted octanol–water partition coefficient (Wildman–Crippen LogP) is 2.64. The second-order valence-electron chi connectivity index (χ2n) is 6.38. The highest BCUT2D eigenvalue weighted by Crippen LogP contribution is 2.25. The third-order valence-electron chi connectivity index (χ3n) is 4.66. The van der Waals surface area contributed by atoms with Gasteiger partial charge in [-0.1, -0.05) is 18.2 Å². The molecule has 4 nitrogen and oxygen atoms in total. The Labute approximate surface area is 136 Å². The lowest BCUT2D eigenvalue weighted by Gasteiger charge is -2.38. The summed E-state index contributed by atoms with van der Waals surface area (Å²) in [6.45, 7) is 2.81. The minimum Gasteiger partial charge on any atom is -0.381 e. The van der Waals surface area contributed by atoms with E-state index >= 15 is 0 Å². The van der Waals surface area contributed by atoms with Crippen LogP contribution in [0, 0.1) is 11.7 Å². The number of halogens is 1. The zero-order valence-electron chi connectivity index (χ0n) is 13.8. The molecule has 1 aromatic carbocycles. The quantitative estimate of drug-likeness (QED) is 0.849. The van der Waals surface area contributed by atoms with Crippen LogP contribution in [0.5, 0.6) is 0 Å². The average molecular weight is 317 g/mol. The van der Waals surface area contributed by atoms with E-state index in [2.05, 4.69) is 10.00 Å². The Hall–Kier alpha value is -1.72. The predicted molar refractivity (Wildman–Crippen MR) is 87.5 cm³/mol. The lowest BCUT2D eigenvalue weighted by molar-refractivity contribution is -0.00873. The normalized spacial score (nSPS) is 22.4. The molecule has 3 rings (SSSR count). The third kappa shape index (κ3) is 3.98. The van der Waals surface area contributed by atoms with Gasteiger partial charge in [0.15, 0.2) is 0 Å². The smallest absolute Gasteiger partial charge is 0.126 e. The van der Waals surface area contributed by atoms with Crippen LogP contribution in [0.2, 0.25) is 0 Å². The molecule has 1 aliphatic heterocycles. The minimum absolute atomic E-state index is 0.119. The summed E-state index contributed by atoms with van der Waals surface area (Å²) in [4.78, 5) is 2.41. The van der Waals surface area contributed by atoms with Gasteiger partial charge in [-0.25, -0.2) is 4.39 Å². The van der Waals surface area contributed by atoms with Crippen molar-refractivity contribution in [2.24, 2.45) is 13.0 Å². The summed E-state index contributed by atoms with van der Waals surface area (Å²) in [5.74, 6) is 0.189. The third-order valence-corrected chi connectivity index (χ3v) is 4.66. The number of methoxy groups -OCH3 is 1. The van der Waals surface area contributed by atoms with Crippen molar-refractivity contribution in [1.82, 2.24) is 14.7 Å². The van der Waals surface area contributed by atoms with Crippen LogP contribution in [-0.2, 0) is 24.8 Å². The Bertz CT molecular complexity index is 643. The maximum absolute atomic E-state index is 14.0. The number of aryl methyl sites for hydroxylation is 1. The monoisotopic (exact) mass is 317 g/mol. The van der Waals surface area contributed by atoms with Crippen LogP contribution >= 0.6 is 0 Å². The van der Waals surface area contributed by atoms with E-state index in [0.29, 0.717) is 12.3 Å². The fraction of sp³-hybridized carbons (Fsp3) is 0.500. The summed E-state index contributed by atoms with van der Waals surface area (Å²) in [6.07, 6.45) is 5.85. The molecule has 1 aromatic heterocycles. The van der Waals surface area contributed by atoms with Gasteiger partial charge in [0.25, 0.3) is 0 Å². The maximum atomic E-state index is 14.0. The molecule has 1 fully saturated rings. The van der Waals surface area contributed by atoms with Gasteiger partial charge in [-0.05, 0) is 24.5 Å². The summed E-state index contributed by atoms with van der Waals surface area (Å²) < 4.78 is 21.4. The lowest BCUT2D eigenvalue weighted by Crippen LogP contribution is -2.44. The Morgan fingerprint density at radius 2 is 2.17 bits per heavy atom. The number of hydrogen-bond donors (Lipinski definition) is 0. The second kappa shape index (κ2) is 7.23. The summed E-state index contributed by atoms with van der Waals surface area (Å²) in [7, 11) is 3.69. The molecule has 0 amide bonds. The maximum Gasteiger partial charge on any atom is 0.126 e. The van der Waals surface area contributed by atoms with Gasteiger partial charge in [0.1, 0.15) is 5.82 Å². The molecule has 2 aromatic rings. The average Bonchev–Trinajstić information content (AvgIpc) is 2.95. The van der Waals surface area contributed by atoms with Gasteiger partial charge < -0.3 is 4.74 Å². The van der Waals surface area contributed by atoms with Crippen LogP contribution in [0.3, 0.4) is 0 Å². The largest absolute Gasteiger partial charge is 0.381 e. The van der Waals surface area contributed by atoms with E-state index in [0.717, 1.165) is 31.6 Å². The van der Waals surface area contributed by atoms with Crippen LogP contribution in [0.15, 0.2) is 36.7 Å². The van der Waals surface area contributed by atoms with Crippen molar-refractivity contribution in [3.63, 3.8) is 0 Å². The SMILES string of the molecule is CO[C@H]1CCN(Cc2cnn(C)c2)C[C@H]1Cc1ccccc1F. The van der Waals surface area contributed by atoms with E-state index in [-0.39, 0.29) is 11.9 Å². The molecule has 0 unspecified atom stereocenters. The number of rotatable bonds is 5. The Morgan fingerprint density at radius 1 is 1.35 bits per heavy atom. The lowest BCUT2D eigenvalue weighted by atomic mass is 9.88. The van der Waals surface area contributed by atoms with Crippen molar-refractivity contribution >= 4 is 0 Å². The summed E-state index contributed by atoms with van der Waals surface area (Å²) in [5, 5.41) is 4.23. The molecular weight excluding hydrogens is 293 g/mol. The molecule has 2 heterocycles. The van der Waals surface area contributed by atoms with Crippen molar-refractivity contribution in [2.75, 3.05) is 20.2 Å². The Morgan fingerprint density at radius 3 is 2.87 bits per heavy atom. The molecule has 0 bridgehead atoms. The fourth-order valence-corrected chi connectivity index (χ4v) is 3.49. The van der Waals surface area contributed by atoms with E-state index in [4.69, 9.17) is 4.74 Å².